The molecular weight excluding hydrogens is 403 g/mol. The van der Waals surface area contributed by atoms with E-state index in [0.29, 0.717) is 12.0 Å². The van der Waals surface area contributed by atoms with E-state index in [4.69, 9.17) is 5.73 Å². The maximum Gasteiger partial charge on any atom is 0.393 e. The zero-order chi connectivity index (χ0) is 18.6. The van der Waals surface area contributed by atoms with Gasteiger partial charge in [-0.1, -0.05) is 28.1 Å². The van der Waals surface area contributed by atoms with Crippen LogP contribution in [-0.2, 0) is 4.79 Å². The van der Waals surface area contributed by atoms with Gasteiger partial charge in [-0.15, -0.1) is 0 Å². The Morgan fingerprint density at radius 2 is 1.96 bits per heavy atom. The summed E-state index contributed by atoms with van der Waals surface area (Å²) in [5.74, 6) is -1.93. The summed E-state index contributed by atoms with van der Waals surface area (Å²) >= 11 is 3.29. The molecule has 1 aliphatic heterocycles. The normalized spacial score (nSPS) is 19.4. The molecule has 5 nitrogen and oxygen atoms in total. The molecule has 0 aromatic heterocycles. The second-order valence-corrected chi connectivity index (χ2v) is 6.95. The van der Waals surface area contributed by atoms with Gasteiger partial charge in [0.1, 0.15) is 0 Å². The van der Waals surface area contributed by atoms with Gasteiger partial charge in [0.2, 0.25) is 5.91 Å². The Labute approximate surface area is 151 Å². The van der Waals surface area contributed by atoms with Crippen molar-refractivity contribution in [2.45, 2.75) is 31.5 Å². The minimum Gasteiger partial charge on any atom is -0.352 e. The standard InChI is InChI=1S/C16H19BrF3N3O2/c17-12-5-3-10(4-6-12)13(22-15(21)25)8-14(24)23-7-1-2-11(9-23)16(18,19)20/h3-6,11,13H,1-2,7-9H2,(H3,21,22,25)/t11-,13+/m0/s1. The van der Waals surface area contributed by atoms with Crippen LogP contribution < -0.4 is 11.1 Å². The average Bonchev–Trinajstić information content (AvgIpc) is 2.54. The summed E-state index contributed by atoms with van der Waals surface area (Å²) in [5, 5.41) is 2.48. The highest BCUT2D eigenvalue weighted by molar-refractivity contribution is 9.10. The molecule has 1 aromatic carbocycles. The Balaban J connectivity index is 2.08. The van der Waals surface area contributed by atoms with E-state index in [2.05, 4.69) is 21.2 Å². The molecule has 138 valence electrons. The topological polar surface area (TPSA) is 75.4 Å². The number of carbonyl (C=O) groups is 2. The Morgan fingerprint density at radius 3 is 2.52 bits per heavy atom. The van der Waals surface area contributed by atoms with Gasteiger partial charge in [-0.3, -0.25) is 4.79 Å². The monoisotopic (exact) mass is 421 g/mol. The molecule has 1 aliphatic rings. The molecule has 2 atom stereocenters. The number of primary amides is 1. The average molecular weight is 422 g/mol. The predicted molar refractivity (Wildman–Crippen MR) is 89.6 cm³/mol. The summed E-state index contributed by atoms with van der Waals surface area (Å²) in [6, 6.07) is 5.43. The van der Waals surface area contributed by atoms with Crippen molar-refractivity contribution in [3.8, 4) is 0 Å². The van der Waals surface area contributed by atoms with E-state index in [1.165, 1.54) is 4.90 Å². The third kappa shape index (κ3) is 5.62. The van der Waals surface area contributed by atoms with Gasteiger partial charge in [0.15, 0.2) is 0 Å². The first-order chi connectivity index (χ1) is 11.7. The summed E-state index contributed by atoms with van der Waals surface area (Å²) in [5.41, 5.74) is 5.81. The van der Waals surface area contributed by atoms with Gasteiger partial charge in [-0.2, -0.15) is 13.2 Å². The van der Waals surface area contributed by atoms with Gasteiger partial charge in [0.05, 0.1) is 18.4 Å². The lowest BCUT2D eigenvalue weighted by atomic mass is 9.96. The summed E-state index contributed by atoms with van der Waals surface area (Å²) in [7, 11) is 0. The van der Waals surface area contributed by atoms with E-state index in [9.17, 15) is 22.8 Å². The van der Waals surface area contributed by atoms with Crippen molar-refractivity contribution in [1.82, 2.24) is 10.2 Å². The molecule has 3 N–H and O–H groups in total. The zero-order valence-corrected chi connectivity index (χ0v) is 14.9. The number of alkyl halides is 3. The van der Waals surface area contributed by atoms with Crippen LogP contribution in [0.3, 0.4) is 0 Å². The third-order valence-electron chi connectivity index (χ3n) is 4.20. The molecule has 1 heterocycles. The molecule has 2 rings (SSSR count). The van der Waals surface area contributed by atoms with E-state index < -0.39 is 30.1 Å². The first-order valence-electron chi connectivity index (χ1n) is 7.82. The van der Waals surface area contributed by atoms with Crippen molar-refractivity contribution in [1.29, 1.82) is 0 Å². The van der Waals surface area contributed by atoms with Crippen LogP contribution in [0.15, 0.2) is 28.7 Å². The van der Waals surface area contributed by atoms with E-state index in [1.54, 1.807) is 24.3 Å². The highest BCUT2D eigenvalue weighted by atomic mass is 79.9. The van der Waals surface area contributed by atoms with Gasteiger partial charge < -0.3 is 16.0 Å². The molecule has 3 amide bonds. The number of piperidine rings is 1. The lowest BCUT2D eigenvalue weighted by Gasteiger charge is -2.34. The van der Waals surface area contributed by atoms with Crippen LogP contribution in [0.4, 0.5) is 18.0 Å². The lowest BCUT2D eigenvalue weighted by molar-refractivity contribution is -0.188. The highest BCUT2D eigenvalue weighted by Crippen LogP contribution is 2.33. The van der Waals surface area contributed by atoms with Crippen LogP contribution >= 0.6 is 15.9 Å². The van der Waals surface area contributed by atoms with Gasteiger partial charge >= 0.3 is 12.2 Å². The first kappa shape index (κ1) is 19.6. The molecule has 1 aromatic rings. The Morgan fingerprint density at radius 1 is 1.32 bits per heavy atom. The van der Waals surface area contributed by atoms with Crippen LogP contribution in [-0.4, -0.2) is 36.1 Å². The fourth-order valence-corrected chi connectivity index (χ4v) is 3.16. The van der Waals surface area contributed by atoms with E-state index >= 15 is 0 Å². The fourth-order valence-electron chi connectivity index (χ4n) is 2.89. The van der Waals surface area contributed by atoms with Gasteiger partial charge in [0, 0.05) is 17.6 Å². The number of rotatable bonds is 4. The minimum absolute atomic E-state index is 0.0307. The zero-order valence-electron chi connectivity index (χ0n) is 13.4. The number of nitrogens with one attached hydrogen (secondary N) is 1. The number of nitrogens with zero attached hydrogens (tertiary/aromatic N) is 1. The SMILES string of the molecule is NC(=O)N[C@H](CC(=O)N1CCC[C@H](C(F)(F)F)C1)c1ccc(Br)cc1. The first-order valence-corrected chi connectivity index (χ1v) is 8.62. The molecule has 0 aliphatic carbocycles. The smallest absolute Gasteiger partial charge is 0.352 e. The molecule has 25 heavy (non-hydrogen) atoms. The van der Waals surface area contributed by atoms with Crippen molar-refractivity contribution in [3.05, 3.63) is 34.3 Å². The molecule has 0 radical (unpaired) electrons. The van der Waals surface area contributed by atoms with E-state index in [1.807, 2.05) is 0 Å². The van der Waals surface area contributed by atoms with Crippen LogP contribution in [0.2, 0.25) is 0 Å². The van der Waals surface area contributed by atoms with Crippen molar-refractivity contribution < 1.29 is 22.8 Å². The maximum absolute atomic E-state index is 12.9. The van der Waals surface area contributed by atoms with Crippen molar-refractivity contribution >= 4 is 27.9 Å². The summed E-state index contributed by atoms with van der Waals surface area (Å²) in [4.78, 5) is 24.9. The van der Waals surface area contributed by atoms with Crippen molar-refractivity contribution in [2.24, 2.45) is 11.7 Å². The predicted octanol–water partition coefficient (Wildman–Crippen LogP) is 3.35. The number of hydrogen-bond acceptors (Lipinski definition) is 2. The second-order valence-electron chi connectivity index (χ2n) is 6.04. The Hall–Kier alpha value is -1.77. The molecule has 0 spiro atoms. The fraction of sp³-hybridized carbons (Fsp3) is 0.500. The van der Waals surface area contributed by atoms with Crippen LogP contribution in [0.25, 0.3) is 0 Å². The molecule has 0 bridgehead atoms. The van der Waals surface area contributed by atoms with Crippen molar-refractivity contribution in [2.75, 3.05) is 13.1 Å². The van der Waals surface area contributed by atoms with Crippen LogP contribution in [0, 0.1) is 5.92 Å². The quantitative estimate of drug-likeness (QED) is 0.781. The van der Waals surface area contributed by atoms with Gasteiger partial charge in [-0.05, 0) is 30.5 Å². The number of benzene rings is 1. The van der Waals surface area contributed by atoms with Gasteiger partial charge in [-0.25, -0.2) is 4.79 Å². The number of carbonyl (C=O) groups excluding carboxylic acids is 2. The molecular formula is C16H19BrF3N3O2. The van der Waals surface area contributed by atoms with Crippen LogP contribution in [0.1, 0.15) is 30.9 Å². The molecule has 0 saturated carbocycles. The molecule has 1 saturated heterocycles. The molecule has 9 heteroatoms. The Kier molecular flexibility index (Phi) is 6.31. The second kappa shape index (κ2) is 8.07. The third-order valence-corrected chi connectivity index (χ3v) is 4.73. The van der Waals surface area contributed by atoms with Crippen LogP contribution in [0.5, 0.6) is 0 Å². The number of likely N-dealkylation sites (tertiary alicyclic amines) is 1. The summed E-state index contributed by atoms with van der Waals surface area (Å²) < 4.78 is 39.5. The molecule has 1 fully saturated rings. The largest absolute Gasteiger partial charge is 0.393 e. The number of urea groups is 1. The van der Waals surface area contributed by atoms with E-state index in [0.717, 1.165) is 4.47 Å². The highest BCUT2D eigenvalue weighted by Gasteiger charge is 2.42. The number of amides is 3. The molecule has 0 unspecified atom stereocenters. The summed E-state index contributed by atoms with van der Waals surface area (Å²) in [6.45, 7) is -0.0546. The minimum atomic E-state index is -4.31. The Bertz CT molecular complexity index is 622. The van der Waals surface area contributed by atoms with Crippen molar-refractivity contribution in [3.63, 3.8) is 0 Å². The maximum atomic E-state index is 12.9. The number of nitrogens with two attached hydrogens (primary N) is 1. The summed E-state index contributed by atoms with van der Waals surface area (Å²) in [6.07, 6.45) is -4.12. The van der Waals surface area contributed by atoms with E-state index in [-0.39, 0.29) is 25.9 Å². The van der Waals surface area contributed by atoms with Gasteiger partial charge in [0.25, 0.3) is 0 Å². The lowest BCUT2D eigenvalue weighted by Crippen LogP contribution is -2.46. The number of hydrogen-bond donors (Lipinski definition) is 2. The number of halogens is 4.